The summed E-state index contributed by atoms with van der Waals surface area (Å²) in [4.78, 5) is 11.9. The second kappa shape index (κ2) is 4.85. The van der Waals surface area contributed by atoms with Crippen LogP contribution in [0, 0.1) is 6.92 Å². The average molecular weight is 240 g/mol. The van der Waals surface area contributed by atoms with Crippen LogP contribution in [0.1, 0.15) is 29.1 Å². The van der Waals surface area contributed by atoms with Crippen LogP contribution in [0.3, 0.4) is 0 Å². The summed E-state index contributed by atoms with van der Waals surface area (Å²) >= 11 is 0. The van der Waals surface area contributed by atoms with Crippen LogP contribution in [0.15, 0.2) is 10.6 Å². The summed E-state index contributed by atoms with van der Waals surface area (Å²) in [7, 11) is 0. The first-order valence-electron chi connectivity index (χ1n) is 5.60. The molecular weight excluding hydrogens is 224 g/mol. The Morgan fingerprint density at radius 2 is 2.29 bits per heavy atom. The normalized spacial score (nSPS) is 18.9. The molecule has 1 amide bonds. The predicted octanol–water partition coefficient (Wildman–Crippen LogP) is 0.254. The van der Waals surface area contributed by atoms with Crippen LogP contribution in [0.25, 0.3) is 0 Å². The Bertz CT molecular complexity index is 396. The SMILES string of the molecule is Cc1cc(C(=O)NC2(CO)CCOCC2)no1. The number of hydrogen-bond acceptors (Lipinski definition) is 5. The van der Waals surface area contributed by atoms with E-state index in [-0.39, 0.29) is 18.2 Å². The number of aryl methyl sites for hydroxylation is 1. The quantitative estimate of drug-likeness (QED) is 0.791. The van der Waals surface area contributed by atoms with Crippen LogP contribution in [0.2, 0.25) is 0 Å². The molecule has 1 aliphatic heterocycles. The molecule has 6 heteroatoms. The first-order chi connectivity index (χ1) is 8.15. The molecule has 1 aromatic heterocycles. The Morgan fingerprint density at radius 3 is 2.82 bits per heavy atom. The van der Waals surface area contributed by atoms with Crippen LogP contribution in [0.5, 0.6) is 0 Å². The minimum Gasteiger partial charge on any atom is -0.394 e. The first kappa shape index (κ1) is 12.1. The van der Waals surface area contributed by atoms with Gasteiger partial charge in [-0.2, -0.15) is 0 Å². The molecule has 94 valence electrons. The number of nitrogens with one attached hydrogen (secondary N) is 1. The van der Waals surface area contributed by atoms with Crippen molar-refractivity contribution in [2.24, 2.45) is 0 Å². The van der Waals surface area contributed by atoms with E-state index in [1.165, 1.54) is 0 Å². The highest BCUT2D eigenvalue weighted by molar-refractivity contribution is 5.92. The molecule has 0 unspecified atom stereocenters. The Labute approximate surface area is 98.9 Å². The summed E-state index contributed by atoms with van der Waals surface area (Å²) in [5, 5.41) is 15.9. The van der Waals surface area contributed by atoms with Gasteiger partial charge < -0.3 is 19.7 Å². The number of ether oxygens (including phenoxy) is 1. The van der Waals surface area contributed by atoms with Gasteiger partial charge in [0.05, 0.1) is 12.1 Å². The van der Waals surface area contributed by atoms with Crippen molar-refractivity contribution in [3.63, 3.8) is 0 Å². The summed E-state index contributed by atoms with van der Waals surface area (Å²) in [6, 6.07) is 1.57. The zero-order valence-corrected chi connectivity index (χ0v) is 9.73. The van der Waals surface area contributed by atoms with E-state index in [9.17, 15) is 9.90 Å². The number of amides is 1. The molecule has 1 aliphatic rings. The lowest BCUT2D eigenvalue weighted by Crippen LogP contribution is -2.54. The molecule has 2 heterocycles. The number of hydrogen-bond donors (Lipinski definition) is 2. The van der Waals surface area contributed by atoms with E-state index in [1.807, 2.05) is 0 Å². The number of nitrogens with zero attached hydrogens (tertiary/aromatic N) is 1. The molecule has 1 saturated heterocycles. The van der Waals surface area contributed by atoms with Crippen molar-refractivity contribution < 1.29 is 19.2 Å². The van der Waals surface area contributed by atoms with Gasteiger partial charge in [-0.1, -0.05) is 5.16 Å². The van der Waals surface area contributed by atoms with Crippen molar-refractivity contribution >= 4 is 5.91 Å². The van der Waals surface area contributed by atoms with Crippen LogP contribution in [-0.2, 0) is 4.74 Å². The lowest BCUT2D eigenvalue weighted by atomic mass is 9.91. The Kier molecular flexibility index (Phi) is 3.44. The Hall–Kier alpha value is -1.40. The van der Waals surface area contributed by atoms with E-state index in [4.69, 9.17) is 9.26 Å². The molecule has 1 aromatic rings. The number of rotatable bonds is 3. The van der Waals surface area contributed by atoms with Crippen LogP contribution >= 0.6 is 0 Å². The molecule has 0 atom stereocenters. The number of carbonyl (C=O) groups excluding carboxylic acids is 1. The monoisotopic (exact) mass is 240 g/mol. The lowest BCUT2D eigenvalue weighted by molar-refractivity contribution is 0.0123. The highest BCUT2D eigenvalue weighted by atomic mass is 16.5. The fourth-order valence-electron chi connectivity index (χ4n) is 1.86. The zero-order chi connectivity index (χ0) is 12.3. The summed E-state index contributed by atoms with van der Waals surface area (Å²) in [5.41, 5.74) is -0.357. The highest BCUT2D eigenvalue weighted by Crippen LogP contribution is 2.20. The highest BCUT2D eigenvalue weighted by Gasteiger charge is 2.34. The van der Waals surface area contributed by atoms with E-state index in [2.05, 4.69) is 10.5 Å². The van der Waals surface area contributed by atoms with E-state index in [0.717, 1.165) is 0 Å². The molecule has 1 fully saturated rings. The van der Waals surface area contributed by atoms with Crippen LogP contribution in [0.4, 0.5) is 0 Å². The molecule has 2 rings (SSSR count). The topological polar surface area (TPSA) is 84.6 Å². The van der Waals surface area contributed by atoms with Crippen LogP contribution < -0.4 is 5.32 Å². The molecular formula is C11H16N2O4. The third-order valence-corrected chi connectivity index (χ3v) is 2.99. The van der Waals surface area contributed by atoms with Gasteiger partial charge in [-0.3, -0.25) is 4.79 Å². The summed E-state index contributed by atoms with van der Waals surface area (Å²) < 4.78 is 10.1. The lowest BCUT2D eigenvalue weighted by Gasteiger charge is -2.35. The molecule has 0 spiro atoms. The van der Waals surface area contributed by atoms with Gasteiger partial charge in [-0.25, -0.2) is 0 Å². The fraction of sp³-hybridized carbons (Fsp3) is 0.636. The Morgan fingerprint density at radius 1 is 1.59 bits per heavy atom. The van der Waals surface area contributed by atoms with Gasteiger partial charge in [0.15, 0.2) is 5.69 Å². The average Bonchev–Trinajstić information content (AvgIpc) is 2.77. The van der Waals surface area contributed by atoms with Crippen molar-refractivity contribution in [1.29, 1.82) is 0 Å². The predicted molar refractivity (Wildman–Crippen MR) is 58.6 cm³/mol. The third-order valence-electron chi connectivity index (χ3n) is 2.99. The second-order valence-corrected chi connectivity index (χ2v) is 4.33. The van der Waals surface area contributed by atoms with Gasteiger partial charge in [0.1, 0.15) is 5.76 Å². The minimum absolute atomic E-state index is 0.0983. The third kappa shape index (κ3) is 2.65. The standard InChI is InChI=1S/C11H16N2O4/c1-8-6-9(13-17-8)10(15)12-11(7-14)2-4-16-5-3-11/h6,14H,2-5,7H2,1H3,(H,12,15). The van der Waals surface area contributed by atoms with Crippen molar-refractivity contribution in [1.82, 2.24) is 10.5 Å². The number of aliphatic hydroxyl groups is 1. The maximum Gasteiger partial charge on any atom is 0.273 e. The largest absolute Gasteiger partial charge is 0.394 e. The van der Waals surface area contributed by atoms with Gasteiger partial charge in [-0.15, -0.1) is 0 Å². The van der Waals surface area contributed by atoms with Gasteiger partial charge >= 0.3 is 0 Å². The van der Waals surface area contributed by atoms with E-state index in [0.29, 0.717) is 31.8 Å². The van der Waals surface area contributed by atoms with Gasteiger partial charge in [-0.05, 0) is 19.8 Å². The first-order valence-corrected chi connectivity index (χ1v) is 5.60. The van der Waals surface area contributed by atoms with Crippen LogP contribution in [-0.4, -0.2) is 41.5 Å². The van der Waals surface area contributed by atoms with Gasteiger partial charge in [0.25, 0.3) is 5.91 Å². The minimum atomic E-state index is -0.595. The second-order valence-electron chi connectivity index (χ2n) is 4.33. The number of aromatic nitrogens is 1. The molecule has 17 heavy (non-hydrogen) atoms. The molecule has 0 bridgehead atoms. The summed E-state index contributed by atoms with van der Waals surface area (Å²) in [5.74, 6) is 0.262. The molecule has 0 aromatic carbocycles. The van der Waals surface area contributed by atoms with Gasteiger partial charge in [0.2, 0.25) is 0 Å². The summed E-state index contributed by atoms with van der Waals surface area (Å²) in [6.45, 7) is 2.70. The molecule has 6 nitrogen and oxygen atoms in total. The molecule has 0 saturated carbocycles. The number of carbonyl (C=O) groups is 1. The van der Waals surface area contributed by atoms with E-state index in [1.54, 1.807) is 13.0 Å². The van der Waals surface area contributed by atoms with E-state index < -0.39 is 5.54 Å². The zero-order valence-electron chi connectivity index (χ0n) is 9.73. The molecule has 0 radical (unpaired) electrons. The maximum atomic E-state index is 11.9. The maximum absolute atomic E-state index is 11.9. The molecule has 2 N–H and O–H groups in total. The van der Waals surface area contributed by atoms with Gasteiger partial charge in [0, 0.05) is 19.3 Å². The number of aliphatic hydroxyl groups excluding tert-OH is 1. The van der Waals surface area contributed by atoms with E-state index >= 15 is 0 Å². The van der Waals surface area contributed by atoms with Crippen molar-refractivity contribution in [3.05, 3.63) is 17.5 Å². The fourth-order valence-corrected chi connectivity index (χ4v) is 1.86. The van der Waals surface area contributed by atoms with Crippen molar-refractivity contribution in [2.75, 3.05) is 19.8 Å². The van der Waals surface area contributed by atoms with Crippen molar-refractivity contribution in [3.8, 4) is 0 Å². The smallest absolute Gasteiger partial charge is 0.273 e. The summed E-state index contributed by atoms with van der Waals surface area (Å²) in [6.07, 6.45) is 1.21. The molecule has 0 aliphatic carbocycles. The Balaban J connectivity index is 2.05. The van der Waals surface area contributed by atoms with Crippen molar-refractivity contribution in [2.45, 2.75) is 25.3 Å².